The van der Waals surface area contributed by atoms with E-state index in [1.165, 1.54) is 50.8 Å². The first-order valence-electron chi connectivity index (χ1n) is 46.7. The molecule has 0 saturated heterocycles. The maximum atomic E-state index is 13.4. The fourth-order valence-corrected chi connectivity index (χ4v) is 16.1. The van der Waals surface area contributed by atoms with Crippen molar-refractivity contribution in [3.63, 3.8) is 0 Å². The molecule has 38 heteroatoms. The highest BCUT2D eigenvalue weighted by Crippen LogP contribution is 2.39. The van der Waals surface area contributed by atoms with Gasteiger partial charge >= 0.3 is 6.18 Å². The number of hydrogen-bond acceptors (Lipinski definition) is 32. The summed E-state index contributed by atoms with van der Waals surface area (Å²) in [7, 11) is 1.23. The van der Waals surface area contributed by atoms with Gasteiger partial charge in [0, 0.05) is 142 Å². The second kappa shape index (κ2) is 49.9. The van der Waals surface area contributed by atoms with Gasteiger partial charge in [0.15, 0.2) is 5.69 Å². The summed E-state index contributed by atoms with van der Waals surface area (Å²) in [5.74, 6) is 5.46. The predicted octanol–water partition coefficient (Wildman–Crippen LogP) is 21.4. The van der Waals surface area contributed by atoms with E-state index in [2.05, 4.69) is 228 Å². The molecule has 10 heterocycles. The number of fused-ring (bicyclic) bond motifs is 1. The fourth-order valence-electron chi connectivity index (χ4n) is 14.4. The molecule has 17 rings (SSSR count). The second-order valence-electron chi connectivity index (χ2n) is 36.0. The van der Waals surface area contributed by atoms with Crippen LogP contribution in [0.25, 0.3) is 89.7 Å². The Hall–Kier alpha value is -16.5. The van der Waals surface area contributed by atoms with Crippen LogP contribution < -0.4 is 70.9 Å². The number of alkyl halides is 3. The minimum Gasteiger partial charge on any atom is -0.496 e. The molecule has 0 radical (unpaired) electrons. The van der Waals surface area contributed by atoms with Crippen LogP contribution in [0.5, 0.6) is 11.5 Å². The van der Waals surface area contributed by atoms with Crippen LogP contribution in [0, 0.1) is 52.4 Å². The first-order valence-corrected chi connectivity index (χ1v) is 48.9. The molecule has 0 amide bonds. The van der Waals surface area contributed by atoms with Crippen molar-refractivity contribution in [1.29, 1.82) is 0 Å². The molecule has 146 heavy (non-hydrogen) atoms. The third-order valence-electron chi connectivity index (χ3n) is 22.0. The third kappa shape index (κ3) is 31.2. The van der Waals surface area contributed by atoms with Crippen molar-refractivity contribution in [2.45, 2.75) is 141 Å². The first-order chi connectivity index (χ1) is 69.4. The number of halogens is 4. The Morgan fingerprint density at radius 1 is 0.418 bits per heavy atom. The number of pyridine rings is 1. The highest BCUT2D eigenvalue weighted by molar-refractivity contribution is 9.10. The molecule has 0 atom stereocenters. The topological polar surface area (TPSA) is 507 Å². The summed E-state index contributed by atoms with van der Waals surface area (Å²) in [4.78, 5) is 70.1. The summed E-state index contributed by atoms with van der Waals surface area (Å²) in [6.45, 7) is 33.4. The Morgan fingerprint density at radius 2 is 0.884 bits per heavy atom. The molecular weight excluding hydrogens is 1940 g/mol. The Morgan fingerprint density at radius 3 is 1.40 bits per heavy atom. The number of benzene rings is 7. The SMILES string of the molecule is CCc1cc(-c2cc(Br)ccc2OC)nc(N)n1.CCc1cc(-c2cc(C)ccc2C)nc(N)n1.CCc1cc(-c2cncnc2)nc(N)n1.CNc1cc(-c2ccc(OCc3ccccc3)cc2C)nc(N)n1.CNc1cc(-c2cccnc2C(F)(F)F)nc(N)n1.Cc1ccc(S(=O)(=O)n2cc(-c3cc(NCC(C)(C)C)nc(N)n3)c3ccccc32)cc1.Cc1cccc(-c2cc(NCC(C)(C)C)nc(N)n2)c1C. The van der Waals surface area contributed by atoms with Gasteiger partial charge in [0.25, 0.3) is 10.0 Å². The Kier molecular flexibility index (Phi) is 37.6. The normalized spacial score (nSPS) is 11.1. The maximum Gasteiger partial charge on any atom is 0.434 e. The number of nitrogens with zero attached hydrogens (tertiary/aromatic N) is 18. The van der Waals surface area contributed by atoms with E-state index in [-0.39, 0.29) is 56.7 Å². The summed E-state index contributed by atoms with van der Waals surface area (Å²) < 4.78 is 79.0. The molecule has 7 aromatic carbocycles. The van der Waals surface area contributed by atoms with E-state index in [0.717, 1.165) is 149 Å². The lowest BCUT2D eigenvalue weighted by Gasteiger charge is -2.19. The quantitative estimate of drug-likeness (QED) is 0.0300. The van der Waals surface area contributed by atoms with Crippen LogP contribution in [-0.4, -0.2) is 131 Å². The summed E-state index contributed by atoms with van der Waals surface area (Å²) in [5, 5.41) is 13.1. The third-order valence-corrected chi connectivity index (χ3v) is 24.2. The van der Waals surface area contributed by atoms with E-state index in [9.17, 15) is 21.6 Å². The smallest absolute Gasteiger partial charge is 0.434 e. The predicted molar refractivity (Wildman–Crippen MR) is 583 cm³/mol. The van der Waals surface area contributed by atoms with Crippen LogP contribution >= 0.6 is 15.9 Å². The molecule has 0 aliphatic carbocycles. The molecular formula is C108H123BrF3N29O4S. The van der Waals surface area contributed by atoms with Crippen molar-refractivity contribution in [3.05, 3.63) is 304 Å². The van der Waals surface area contributed by atoms with Gasteiger partial charge in [-0.3, -0.25) is 4.98 Å². The summed E-state index contributed by atoms with van der Waals surface area (Å²) >= 11 is 3.45. The fraction of sp³-hybridized carbons (Fsp3) is 0.250. The molecule has 33 nitrogen and oxygen atoms in total. The Bertz CT molecular complexity index is 7450. The molecule has 10 aromatic heterocycles. The van der Waals surface area contributed by atoms with E-state index in [4.69, 9.17) is 49.6 Å². The van der Waals surface area contributed by atoms with Gasteiger partial charge < -0.3 is 70.9 Å². The van der Waals surface area contributed by atoms with Crippen molar-refractivity contribution in [2.24, 2.45) is 10.8 Å². The minimum absolute atomic E-state index is 0.0536. The van der Waals surface area contributed by atoms with Gasteiger partial charge in [0.2, 0.25) is 41.6 Å². The minimum atomic E-state index is -4.56. The number of hydrogen-bond donors (Lipinski definition) is 11. The van der Waals surface area contributed by atoms with Gasteiger partial charge in [0.05, 0.1) is 57.4 Å². The number of nitrogen functional groups attached to an aromatic ring is 7. The van der Waals surface area contributed by atoms with E-state index >= 15 is 0 Å². The van der Waals surface area contributed by atoms with Crippen LogP contribution in [0.2, 0.25) is 0 Å². The van der Waals surface area contributed by atoms with Crippen LogP contribution in [0.15, 0.2) is 247 Å². The van der Waals surface area contributed by atoms with Gasteiger partial charge in [-0.15, -0.1) is 0 Å². The van der Waals surface area contributed by atoms with Crippen LogP contribution in [0.1, 0.15) is 124 Å². The van der Waals surface area contributed by atoms with Gasteiger partial charge in [-0.05, 0) is 190 Å². The highest BCUT2D eigenvalue weighted by atomic mass is 79.9. The van der Waals surface area contributed by atoms with Crippen molar-refractivity contribution < 1.29 is 31.1 Å². The monoisotopic (exact) mass is 2060 g/mol. The number of methoxy groups -OCH3 is 1. The van der Waals surface area contributed by atoms with Gasteiger partial charge in [-0.1, -0.05) is 180 Å². The first kappa shape index (κ1) is 110. The number of aromatic nitrogens is 18. The maximum absolute atomic E-state index is 13.4. The molecule has 0 saturated carbocycles. The molecule has 0 aliphatic rings. The zero-order valence-corrected chi connectivity index (χ0v) is 87.3. The Balaban J connectivity index is 0.000000164. The molecule has 18 N–H and O–H groups in total. The van der Waals surface area contributed by atoms with Crippen molar-refractivity contribution in [3.8, 4) is 90.3 Å². The van der Waals surface area contributed by atoms with Gasteiger partial charge in [-0.2, -0.15) is 33.1 Å². The lowest BCUT2D eigenvalue weighted by atomic mass is 9.97. The molecule has 17 aromatic rings. The van der Waals surface area contributed by atoms with E-state index < -0.39 is 21.9 Å². The average molecular weight is 2060 g/mol. The number of ether oxygens (including phenoxy) is 2. The van der Waals surface area contributed by atoms with E-state index in [1.807, 2.05) is 149 Å². The standard InChI is InChI=1S/C24H27N5O2S.C19H20N4O.C17H24N4.C14H17N3.C13H14BrN3O.C11H10F3N5.C10H11N5/c1-16-9-11-17(12-10-16)32(30,31)29-14-19(18-7-5-6-8-21(18)29)20-13-22(28-23(25)27-20)26-15-24(2,3)4;1-13-10-15(24-12-14-6-4-3-5-7-14)8-9-16(13)17-11-18(21-2)23-19(20)22-17;1-11-7-6-8-13(12(11)2)14-9-15(21-16(18)20-14)19-10-17(3,4)5;1-4-11-8-13(17-14(15)16-11)12-7-9(2)5-6-10(12)3;1-3-9-7-11(17-13(15)16-9)10-6-8(14)4-5-12(10)18-2;1-16-8-5-7(18-10(15)19-8)6-3-2-4-17-9(6)11(12,13)14;1-2-8-3-9(15-10(11)14-8)7-4-12-6-13-5-7/h5-14H,15H2,1-4H3,(H3,25,26,27,28);3-11H,12H2,1-2H3,(H3,20,21,22,23);6-9H,10H2,1-5H3,(H3,18,19,20,21);5-8H,4H2,1-3H3,(H2,15,16,17);4-7H,3H2,1-2H3,(H2,15,16,17);2-5H,1H3,(H3,15,16,18,19);3-6H,2H2,1H3,(H2,11,14,15). The highest BCUT2D eigenvalue weighted by Gasteiger charge is 2.36. The number of para-hydroxylation sites is 1. The van der Waals surface area contributed by atoms with E-state index in [0.29, 0.717) is 59.3 Å². The van der Waals surface area contributed by atoms with Crippen molar-refractivity contribution >= 4 is 102 Å². The number of nitrogens with two attached hydrogens (primary N) is 7. The molecule has 0 unspecified atom stereocenters. The molecule has 0 fully saturated rings. The molecule has 0 aliphatic heterocycles. The van der Waals surface area contributed by atoms with Crippen molar-refractivity contribution in [2.75, 3.05) is 95.7 Å². The molecule has 0 spiro atoms. The largest absolute Gasteiger partial charge is 0.496 e. The van der Waals surface area contributed by atoms with Crippen LogP contribution in [-0.2, 0) is 42.1 Å². The second-order valence-corrected chi connectivity index (χ2v) is 38.8. The average Bonchev–Trinajstić information content (AvgIpc) is 1.59. The Labute approximate surface area is 857 Å². The van der Waals surface area contributed by atoms with E-state index in [1.54, 1.807) is 76.2 Å². The summed E-state index contributed by atoms with van der Waals surface area (Å²) in [6, 6.07) is 64.1. The van der Waals surface area contributed by atoms with Crippen LogP contribution in [0.3, 0.4) is 0 Å². The zero-order chi connectivity index (χ0) is 106. The number of aryl methyl sites for hydroxylation is 8. The van der Waals surface area contributed by atoms with Crippen molar-refractivity contribution in [1.82, 2.24) is 88.7 Å². The summed E-state index contributed by atoms with van der Waals surface area (Å²) in [6.07, 6.45) is 5.52. The lowest BCUT2D eigenvalue weighted by Crippen LogP contribution is -2.20. The number of anilines is 11. The zero-order valence-electron chi connectivity index (χ0n) is 84.9. The van der Waals surface area contributed by atoms with Crippen LogP contribution in [0.4, 0.5) is 78.1 Å². The summed E-state index contributed by atoms with van der Waals surface area (Å²) in [5.41, 5.74) is 61.1. The lowest BCUT2D eigenvalue weighted by molar-refractivity contribution is -0.140. The van der Waals surface area contributed by atoms with Gasteiger partial charge in [0.1, 0.15) is 47.7 Å². The number of nitrogens with one attached hydrogen (secondary N) is 4. The molecule has 758 valence electrons. The van der Waals surface area contributed by atoms with Gasteiger partial charge in [-0.25, -0.2) is 72.2 Å². The molecule has 0 bridgehead atoms. The number of rotatable bonds is 22.